The largest absolute Gasteiger partial charge is 0.399 e. The van der Waals surface area contributed by atoms with E-state index in [-0.39, 0.29) is 12.5 Å². The molecule has 0 aliphatic rings. The lowest BCUT2D eigenvalue weighted by Crippen LogP contribution is -2.40. The summed E-state index contributed by atoms with van der Waals surface area (Å²) in [5.74, 6) is -0.0237. The highest BCUT2D eigenvalue weighted by molar-refractivity contribution is 5.87. The number of benzene rings is 1. The Balaban J connectivity index is 2.43. The summed E-state index contributed by atoms with van der Waals surface area (Å²) in [6, 6.07) is 7.35. The number of nitrogens with two attached hydrogens (primary N) is 1. The fourth-order valence-corrected chi connectivity index (χ4v) is 1.79. The van der Waals surface area contributed by atoms with Crippen molar-refractivity contribution in [3.63, 3.8) is 0 Å². The molecule has 0 saturated heterocycles. The zero-order valence-electron chi connectivity index (χ0n) is 12.2. The third kappa shape index (κ3) is 4.83. The highest BCUT2D eigenvalue weighted by Gasteiger charge is 2.29. The number of carbonyl (C=O) groups is 1. The maximum Gasteiger partial charge on any atom is 0.230 e. The standard InChI is InChI=1S/C15H24N2O3/c1-15(2,12-4-6-13(16)7-5-12)14(19)17-8-3-10-20-11-9-18/h4-7,18H,3,8-11,16H2,1-2H3,(H,17,19). The molecule has 0 spiro atoms. The number of anilines is 1. The van der Waals surface area contributed by atoms with Gasteiger partial charge in [0.1, 0.15) is 0 Å². The summed E-state index contributed by atoms with van der Waals surface area (Å²) < 4.78 is 5.13. The Morgan fingerprint density at radius 3 is 2.55 bits per heavy atom. The van der Waals surface area contributed by atoms with Crippen LogP contribution in [-0.2, 0) is 14.9 Å². The molecule has 4 N–H and O–H groups in total. The number of nitrogens with one attached hydrogen (secondary N) is 1. The van der Waals surface area contributed by atoms with Gasteiger partial charge in [0.25, 0.3) is 0 Å². The summed E-state index contributed by atoms with van der Waals surface area (Å²) in [5.41, 5.74) is 6.67. The molecule has 1 amide bonds. The van der Waals surface area contributed by atoms with E-state index in [9.17, 15) is 4.79 Å². The fourth-order valence-electron chi connectivity index (χ4n) is 1.79. The summed E-state index contributed by atoms with van der Waals surface area (Å²) in [5, 5.41) is 11.5. The fraction of sp³-hybridized carbons (Fsp3) is 0.533. The summed E-state index contributed by atoms with van der Waals surface area (Å²) in [6.45, 7) is 5.22. The Labute approximate surface area is 120 Å². The summed E-state index contributed by atoms with van der Waals surface area (Å²) in [6.07, 6.45) is 0.726. The number of ether oxygens (including phenoxy) is 1. The van der Waals surface area contributed by atoms with Crippen LogP contribution in [0, 0.1) is 0 Å². The lowest BCUT2D eigenvalue weighted by Gasteiger charge is -2.24. The predicted octanol–water partition coefficient (Wildman–Crippen LogP) is 1.06. The predicted molar refractivity (Wildman–Crippen MR) is 79.4 cm³/mol. The molecule has 0 fully saturated rings. The number of rotatable bonds is 8. The average molecular weight is 280 g/mol. The smallest absolute Gasteiger partial charge is 0.230 e. The summed E-state index contributed by atoms with van der Waals surface area (Å²) >= 11 is 0. The molecule has 112 valence electrons. The molecule has 0 radical (unpaired) electrons. The second-order valence-corrected chi connectivity index (χ2v) is 5.19. The zero-order valence-corrected chi connectivity index (χ0v) is 12.2. The first-order chi connectivity index (χ1) is 9.48. The van der Waals surface area contributed by atoms with Gasteiger partial charge in [-0.25, -0.2) is 0 Å². The van der Waals surface area contributed by atoms with E-state index in [4.69, 9.17) is 15.6 Å². The number of aliphatic hydroxyl groups excluding tert-OH is 1. The van der Waals surface area contributed by atoms with Gasteiger partial charge in [-0.15, -0.1) is 0 Å². The molecule has 0 heterocycles. The number of hydrogen-bond donors (Lipinski definition) is 3. The first-order valence-electron chi connectivity index (χ1n) is 6.81. The van der Waals surface area contributed by atoms with Crippen LogP contribution >= 0.6 is 0 Å². The van der Waals surface area contributed by atoms with E-state index in [0.29, 0.717) is 25.4 Å². The van der Waals surface area contributed by atoms with E-state index in [1.807, 2.05) is 26.0 Å². The number of aliphatic hydroxyl groups is 1. The third-order valence-corrected chi connectivity index (χ3v) is 3.19. The molecule has 0 aromatic heterocycles. The van der Waals surface area contributed by atoms with Crippen molar-refractivity contribution in [3.05, 3.63) is 29.8 Å². The van der Waals surface area contributed by atoms with Gasteiger partial charge in [-0.2, -0.15) is 0 Å². The minimum Gasteiger partial charge on any atom is -0.399 e. The van der Waals surface area contributed by atoms with Crippen LogP contribution in [-0.4, -0.2) is 37.4 Å². The van der Waals surface area contributed by atoms with E-state index < -0.39 is 5.41 Å². The Bertz CT molecular complexity index is 416. The molecule has 0 unspecified atom stereocenters. The van der Waals surface area contributed by atoms with Gasteiger partial charge in [-0.1, -0.05) is 12.1 Å². The van der Waals surface area contributed by atoms with Crippen molar-refractivity contribution < 1.29 is 14.6 Å². The van der Waals surface area contributed by atoms with Gasteiger partial charge in [0, 0.05) is 18.8 Å². The van der Waals surface area contributed by atoms with Crippen LogP contribution in [0.2, 0.25) is 0 Å². The van der Waals surface area contributed by atoms with Crippen LogP contribution in [0.25, 0.3) is 0 Å². The molecule has 0 aliphatic heterocycles. The Kier molecular flexibility index (Phi) is 6.48. The Hall–Kier alpha value is -1.59. The van der Waals surface area contributed by atoms with Crippen molar-refractivity contribution in [1.82, 2.24) is 5.32 Å². The minimum absolute atomic E-state index is 0.0237. The van der Waals surface area contributed by atoms with E-state index in [1.165, 1.54) is 0 Å². The molecule has 0 saturated carbocycles. The monoisotopic (exact) mass is 280 g/mol. The van der Waals surface area contributed by atoms with Gasteiger partial charge in [0.2, 0.25) is 5.91 Å². The molecular weight excluding hydrogens is 256 g/mol. The van der Waals surface area contributed by atoms with E-state index in [2.05, 4.69) is 5.32 Å². The SMILES string of the molecule is CC(C)(C(=O)NCCCOCCO)c1ccc(N)cc1. The summed E-state index contributed by atoms with van der Waals surface area (Å²) in [4.78, 5) is 12.2. The molecule has 1 aromatic rings. The van der Waals surface area contributed by atoms with Gasteiger partial charge in [0.05, 0.1) is 18.6 Å². The highest BCUT2D eigenvalue weighted by atomic mass is 16.5. The van der Waals surface area contributed by atoms with Crippen LogP contribution in [0.15, 0.2) is 24.3 Å². The van der Waals surface area contributed by atoms with Crippen molar-refractivity contribution in [3.8, 4) is 0 Å². The molecular formula is C15H24N2O3. The highest BCUT2D eigenvalue weighted by Crippen LogP contribution is 2.24. The maximum atomic E-state index is 12.2. The van der Waals surface area contributed by atoms with Crippen molar-refractivity contribution >= 4 is 11.6 Å². The van der Waals surface area contributed by atoms with Crippen molar-refractivity contribution in [1.29, 1.82) is 0 Å². The lowest BCUT2D eigenvalue weighted by molar-refractivity contribution is -0.125. The number of carbonyl (C=O) groups excluding carboxylic acids is 1. The van der Waals surface area contributed by atoms with Gasteiger partial charge in [0.15, 0.2) is 0 Å². The van der Waals surface area contributed by atoms with Crippen molar-refractivity contribution in [2.24, 2.45) is 0 Å². The van der Waals surface area contributed by atoms with Crippen molar-refractivity contribution in [2.75, 3.05) is 32.1 Å². The normalized spacial score (nSPS) is 11.3. The number of hydrogen-bond acceptors (Lipinski definition) is 4. The molecule has 20 heavy (non-hydrogen) atoms. The van der Waals surface area contributed by atoms with Gasteiger partial charge in [-0.05, 0) is 38.0 Å². The quantitative estimate of drug-likeness (QED) is 0.491. The van der Waals surface area contributed by atoms with Crippen LogP contribution in [0.5, 0.6) is 0 Å². The number of amides is 1. The van der Waals surface area contributed by atoms with Gasteiger partial charge in [-0.3, -0.25) is 4.79 Å². The Morgan fingerprint density at radius 2 is 1.95 bits per heavy atom. The molecule has 5 heteroatoms. The lowest BCUT2D eigenvalue weighted by atomic mass is 9.83. The number of nitrogen functional groups attached to an aromatic ring is 1. The topological polar surface area (TPSA) is 84.6 Å². The second kappa shape index (κ2) is 7.87. The van der Waals surface area contributed by atoms with Crippen LogP contribution in [0.4, 0.5) is 5.69 Å². The Morgan fingerprint density at radius 1 is 1.30 bits per heavy atom. The second-order valence-electron chi connectivity index (χ2n) is 5.19. The first-order valence-corrected chi connectivity index (χ1v) is 6.81. The molecule has 5 nitrogen and oxygen atoms in total. The molecule has 0 bridgehead atoms. The third-order valence-electron chi connectivity index (χ3n) is 3.19. The first kappa shape index (κ1) is 16.5. The van der Waals surface area contributed by atoms with Crippen molar-refractivity contribution in [2.45, 2.75) is 25.7 Å². The molecule has 0 aliphatic carbocycles. The summed E-state index contributed by atoms with van der Waals surface area (Å²) in [7, 11) is 0. The van der Waals surface area contributed by atoms with E-state index in [0.717, 1.165) is 12.0 Å². The van der Waals surface area contributed by atoms with E-state index >= 15 is 0 Å². The molecule has 0 atom stereocenters. The van der Waals surface area contributed by atoms with Crippen LogP contribution in [0.1, 0.15) is 25.8 Å². The van der Waals surface area contributed by atoms with Crippen LogP contribution in [0.3, 0.4) is 0 Å². The molecule has 1 aromatic carbocycles. The van der Waals surface area contributed by atoms with Gasteiger partial charge < -0.3 is 20.9 Å². The van der Waals surface area contributed by atoms with E-state index in [1.54, 1.807) is 12.1 Å². The zero-order chi connectivity index (χ0) is 15.0. The minimum atomic E-state index is -0.598. The van der Waals surface area contributed by atoms with Crippen LogP contribution < -0.4 is 11.1 Å². The van der Waals surface area contributed by atoms with Gasteiger partial charge >= 0.3 is 0 Å². The average Bonchev–Trinajstić information content (AvgIpc) is 2.43. The molecule has 1 rings (SSSR count). The maximum absolute atomic E-state index is 12.2.